The van der Waals surface area contributed by atoms with E-state index in [0.717, 1.165) is 55.5 Å². The van der Waals surface area contributed by atoms with Crippen molar-refractivity contribution in [3.8, 4) is 0 Å². The Labute approximate surface area is 110 Å². The molecule has 0 saturated carbocycles. The summed E-state index contributed by atoms with van der Waals surface area (Å²) in [6.07, 6.45) is 3.92. The summed E-state index contributed by atoms with van der Waals surface area (Å²) in [7, 11) is 0. The summed E-state index contributed by atoms with van der Waals surface area (Å²) < 4.78 is 5.59. The molecular weight excluding hydrogens is 250 g/mol. The molecule has 1 aromatic rings. The predicted octanol–water partition coefficient (Wildman–Crippen LogP) is 1.04. The van der Waals surface area contributed by atoms with Crippen LogP contribution in [0, 0.1) is 0 Å². The normalized spacial score (nSPS) is 24.4. The first-order valence-electron chi connectivity index (χ1n) is 6.42. The Balaban J connectivity index is 1.69. The predicted molar refractivity (Wildman–Crippen MR) is 68.8 cm³/mol. The molecule has 1 unspecified atom stereocenters. The standard InChI is InChI=1S/C12H17N3O2S/c16-12(15-5-3-13-4-6-15)10-8-14-11(18-10)9-2-1-7-17-9/h8-9,13H,1-7H2. The van der Waals surface area contributed by atoms with Crippen molar-refractivity contribution in [1.82, 2.24) is 15.2 Å². The van der Waals surface area contributed by atoms with Crippen molar-refractivity contribution in [3.63, 3.8) is 0 Å². The average Bonchev–Trinajstić information content (AvgIpc) is 3.09. The van der Waals surface area contributed by atoms with Gasteiger partial charge in [0.2, 0.25) is 0 Å². The smallest absolute Gasteiger partial charge is 0.265 e. The Kier molecular flexibility index (Phi) is 3.58. The second kappa shape index (κ2) is 5.34. The lowest BCUT2D eigenvalue weighted by atomic mass is 10.2. The van der Waals surface area contributed by atoms with E-state index in [1.54, 1.807) is 6.20 Å². The highest BCUT2D eigenvalue weighted by Gasteiger charge is 2.24. The molecular formula is C12H17N3O2S. The fraction of sp³-hybridized carbons (Fsp3) is 0.667. The molecule has 0 aliphatic carbocycles. The van der Waals surface area contributed by atoms with Crippen LogP contribution in [0.1, 0.15) is 33.6 Å². The highest BCUT2D eigenvalue weighted by molar-refractivity contribution is 7.13. The molecule has 3 rings (SSSR count). The topological polar surface area (TPSA) is 54.5 Å². The van der Waals surface area contributed by atoms with Crippen LogP contribution in [0.25, 0.3) is 0 Å². The van der Waals surface area contributed by atoms with E-state index < -0.39 is 0 Å². The Bertz CT molecular complexity index is 423. The number of hydrogen-bond acceptors (Lipinski definition) is 5. The SMILES string of the molecule is O=C(c1cnc(C2CCCO2)s1)N1CCNCC1. The molecule has 6 heteroatoms. The molecule has 18 heavy (non-hydrogen) atoms. The monoisotopic (exact) mass is 267 g/mol. The van der Waals surface area contributed by atoms with Crippen LogP contribution in [0.5, 0.6) is 0 Å². The van der Waals surface area contributed by atoms with Gasteiger partial charge in [-0.05, 0) is 12.8 Å². The number of rotatable bonds is 2. The Morgan fingerprint density at radius 3 is 3.06 bits per heavy atom. The molecule has 2 aliphatic heterocycles. The van der Waals surface area contributed by atoms with Crippen LogP contribution in [0.4, 0.5) is 0 Å². The molecule has 1 aromatic heterocycles. The number of piperazine rings is 1. The largest absolute Gasteiger partial charge is 0.371 e. The van der Waals surface area contributed by atoms with Crippen LogP contribution in [0.15, 0.2) is 6.20 Å². The molecule has 3 heterocycles. The number of nitrogens with one attached hydrogen (secondary N) is 1. The molecule has 5 nitrogen and oxygen atoms in total. The summed E-state index contributed by atoms with van der Waals surface area (Å²) in [6, 6.07) is 0. The minimum Gasteiger partial charge on any atom is -0.371 e. The van der Waals surface area contributed by atoms with Gasteiger partial charge in [-0.3, -0.25) is 4.79 Å². The van der Waals surface area contributed by atoms with Gasteiger partial charge in [0.1, 0.15) is 16.0 Å². The molecule has 2 aliphatic rings. The van der Waals surface area contributed by atoms with Crippen molar-refractivity contribution < 1.29 is 9.53 Å². The Morgan fingerprint density at radius 2 is 2.33 bits per heavy atom. The minimum absolute atomic E-state index is 0.109. The number of aromatic nitrogens is 1. The van der Waals surface area contributed by atoms with Crippen LogP contribution in [-0.4, -0.2) is 48.6 Å². The van der Waals surface area contributed by atoms with Gasteiger partial charge in [-0.2, -0.15) is 0 Å². The van der Waals surface area contributed by atoms with Crippen LogP contribution in [0.3, 0.4) is 0 Å². The fourth-order valence-corrected chi connectivity index (χ4v) is 3.30. The number of hydrogen-bond donors (Lipinski definition) is 1. The zero-order chi connectivity index (χ0) is 12.4. The molecule has 1 atom stereocenters. The maximum absolute atomic E-state index is 12.3. The second-order valence-corrected chi connectivity index (χ2v) is 5.67. The van der Waals surface area contributed by atoms with E-state index in [4.69, 9.17) is 4.74 Å². The van der Waals surface area contributed by atoms with E-state index in [2.05, 4.69) is 10.3 Å². The van der Waals surface area contributed by atoms with Crippen LogP contribution < -0.4 is 5.32 Å². The van der Waals surface area contributed by atoms with Gasteiger partial charge in [0.25, 0.3) is 5.91 Å². The zero-order valence-electron chi connectivity index (χ0n) is 10.2. The quantitative estimate of drug-likeness (QED) is 0.870. The molecule has 2 fully saturated rings. The lowest BCUT2D eigenvalue weighted by Gasteiger charge is -2.26. The minimum atomic E-state index is 0.109. The molecule has 2 saturated heterocycles. The van der Waals surface area contributed by atoms with Gasteiger partial charge in [0, 0.05) is 32.8 Å². The van der Waals surface area contributed by atoms with Crippen LogP contribution >= 0.6 is 11.3 Å². The lowest BCUT2D eigenvalue weighted by molar-refractivity contribution is 0.0740. The summed E-state index contributed by atoms with van der Waals surface area (Å²) in [5.41, 5.74) is 0. The van der Waals surface area contributed by atoms with Crippen molar-refractivity contribution in [2.75, 3.05) is 32.8 Å². The summed E-state index contributed by atoms with van der Waals surface area (Å²) in [6.45, 7) is 4.13. The fourth-order valence-electron chi connectivity index (χ4n) is 2.33. The van der Waals surface area contributed by atoms with Gasteiger partial charge in [-0.15, -0.1) is 11.3 Å². The number of amides is 1. The van der Waals surface area contributed by atoms with Crippen molar-refractivity contribution in [1.29, 1.82) is 0 Å². The maximum atomic E-state index is 12.3. The number of carbonyl (C=O) groups excluding carboxylic acids is 1. The first-order chi connectivity index (χ1) is 8.84. The van der Waals surface area contributed by atoms with Crippen molar-refractivity contribution in [3.05, 3.63) is 16.1 Å². The van der Waals surface area contributed by atoms with Gasteiger partial charge in [-0.25, -0.2) is 4.98 Å². The van der Waals surface area contributed by atoms with E-state index >= 15 is 0 Å². The van der Waals surface area contributed by atoms with E-state index in [9.17, 15) is 4.79 Å². The maximum Gasteiger partial charge on any atom is 0.265 e. The van der Waals surface area contributed by atoms with Gasteiger partial charge in [0.15, 0.2) is 0 Å². The summed E-state index contributed by atoms with van der Waals surface area (Å²) in [4.78, 5) is 19.2. The Hall–Kier alpha value is -0.980. The molecule has 1 amide bonds. The van der Waals surface area contributed by atoms with E-state index in [1.807, 2.05) is 4.90 Å². The molecule has 0 bridgehead atoms. The third kappa shape index (κ3) is 2.41. The Morgan fingerprint density at radius 1 is 1.50 bits per heavy atom. The van der Waals surface area contributed by atoms with E-state index in [1.165, 1.54) is 11.3 Å². The highest BCUT2D eigenvalue weighted by Crippen LogP contribution is 2.31. The average molecular weight is 267 g/mol. The number of carbonyl (C=O) groups is 1. The van der Waals surface area contributed by atoms with Gasteiger partial charge in [-0.1, -0.05) is 0 Å². The highest BCUT2D eigenvalue weighted by atomic mass is 32.1. The summed E-state index contributed by atoms with van der Waals surface area (Å²) >= 11 is 1.48. The molecule has 0 radical (unpaired) electrons. The summed E-state index contributed by atoms with van der Waals surface area (Å²) in [5.74, 6) is 0.109. The van der Waals surface area contributed by atoms with Crippen molar-refractivity contribution in [2.45, 2.75) is 18.9 Å². The summed E-state index contributed by atoms with van der Waals surface area (Å²) in [5, 5.41) is 4.19. The van der Waals surface area contributed by atoms with Gasteiger partial charge < -0.3 is 15.0 Å². The first-order valence-corrected chi connectivity index (χ1v) is 7.23. The van der Waals surface area contributed by atoms with Crippen molar-refractivity contribution >= 4 is 17.2 Å². The van der Waals surface area contributed by atoms with Gasteiger partial charge in [0.05, 0.1) is 6.20 Å². The first kappa shape index (κ1) is 12.1. The van der Waals surface area contributed by atoms with E-state index in [-0.39, 0.29) is 12.0 Å². The van der Waals surface area contributed by atoms with E-state index in [0.29, 0.717) is 0 Å². The third-order valence-electron chi connectivity index (χ3n) is 3.34. The van der Waals surface area contributed by atoms with Crippen molar-refractivity contribution in [2.24, 2.45) is 0 Å². The lowest BCUT2D eigenvalue weighted by Crippen LogP contribution is -2.46. The molecule has 0 aromatic carbocycles. The van der Waals surface area contributed by atoms with Crippen LogP contribution in [0.2, 0.25) is 0 Å². The third-order valence-corrected chi connectivity index (χ3v) is 4.42. The zero-order valence-corrected chi connectivity index (χ0v) is 11.0. The number of nitrogens with zero attached hydrogens (tertiary/aromatic N) is 2. The molecule has 0 spiro atoms. The number of ether oxygens (including phenoxy) is 1. The second-order valence-electron chi connectivity index (χ2n) is 4.61. The number of thiazole rings is 1. The molecule has 98 valence electrons. The van der Waals surface area contributed by atoms with Gasteiger partial charge >= 0.3 is 0 Å². The van der Waals surface area contributed by atoms with Crippen LogP contribution in [-0.2, 0) is 4.74 Å². The molecule has 1 N–H and O–H groups in total.